The van der Waals surface area contributed by atoms with Crippen LogP contribution in [0.15, 0.2) is 53.3 Å². The van der Waals surface area contributed by atoms with E-state index in [1.54, 1.807) is 6.07 Å². The van der Waals surface area contributed by atoms with Crippen molar-refractivity contribution in [3.63, 3.8) is 0 Å². The third-order valence-electron chi connectivity index (χ3n) is 4.01. The summed E-state index contributed by atoms with van der Waals surface area (Å²) in [5.74, 6) is 0.716. The van der Waals surface area contributed by atoms with E-state index in [1.807, 2.05) is 24.3 Å². The van der Waals surface area contributed by atoms with Gasteiger partial charge in [-0.15, -0.1) is 0 Å². The summed E-state index contributed by atoms with van der Waals surface area (Å²) in [5, 5.41) is 4.11. The number of anilines is 1. The summed E-state index contributed by atoms with van der Waals surface area (Å²) in [4.78, 5) is 19.7. The maximum atomic E-state index is 12.2. The van der Waals surface area contributed by atoms with Crippen molar-refractivity contribution in [2.24, 2.45) is 0 Å². The molecule has 21 heavy (non-hydrogen) atoms. The van der Waals surface area contributed by atoms with Gasteiger partial charge in [-0.25, -0.2) is 4.98 Å². The van der Waals surface area contributed by atoms with E-state index in [4.69, 9.17) is 0 Å². The highest BCUT2D eigenvalue weighted by Crippen LogP contribution is 2.30. The first-order valence-electron chi connectivity index (χ1n) is 7.15. The summed E-state index contributed by atoms with van der Waals surface area (Å²) in [6.07, 6.45) is 1.92. The number of nitrogens with one attached hydrogen (secondary N) is 2. The molecular weight excluding hydrogens is 262 g/mol. The van der Waals surface area contributed by atoms with Crippen LogP contribution in [0.5, 0.6) is 0 Å². The second-order valence-corrected chi connectivity index (χ2v) is 5.36. The first kappa shape index (κ1) is 12.1. The Balaban J connectivity index is 1.76. The molecule has 1 aromatic heterocycles. The molecule has 2 heterocycles. The van der Waals surface area contributed by atoms with Gasteiger partial charge in [0.15, 0.2) is 0 Å². The Kier molecular flexibility index (Phi) is 2.74. The lowest BCUT2D eigenvalue weighted by atomic mass is 9.97. The third-order valence-corrected chi connectivity index (χ3v) is 4.01. The molecule has 0 aliphatic carbocycles. The summed E-state index contributed by atoms with van der Waals surface area (Å²) < 4.78 is 0. The van der Waals surface area contributed by atoms with Gasteiger partial charge in [0.05, 0.1) is 16.9 Å². The Morgan fingerprint density at radius 2 is 1.86 bits per heavy atom. The second kappa shape index (κ2) is 4.74. The lowest BCUT2D eigenvalue weighted by Gasteiger charge is -2.26. The van der Waals surface area contributed by atoms with E-state index >= 15 is 0 Å². The van der Waals surface area contributed by atoms with Crippen LogP contribution in [0.3, 0.4) is 0 Å². The van der Waals surface area contributed by atoms with Crippen LogP contribution < -0.4 is 10.9 Å². The number of rotatable bonds is 1. The summed E-state index contributed by atoms with van der Waals surface area (Å²) in [6, 6.07) is 15.8. The second-order valence-electron chi connectivity index (χ2n) is 5.36. The molecule has 104 valence electrons. The van der Waals surface area contributed by atoms with Crippen LogP contribution in [0.25, 0.3) is 10.9 Å². The predicted molar refractivity (Wildman–Crippen MR) is 83.5 cm³/mol. The molecule has 3 aromatic rings. The van der Waals surface area contributed by atoms with Gasteiger partial charge in [-0.3, -0.25) is 4.79 Å². The molecule has 0 spiro atoms. The van der Waals surface area contributed by atoms with Gasteiger partial charge in [-0.2, -0.15) is 0 Å². The third kappa shape index (κ3) is 2.09. The van der Waals surface area contributed by atoms with E-state index in [0.29, 0.717) is 11.2 Å². The van der Waals surface area contributed by atoms with Gasteiger partial charge in [-0.1, -0.05) is 30.3 Å². The number of aromatic nitrogens is 2. The minimum absolute atomic E-state index is 0.0530. The molecule has 0 radical (unpaired) electrons. The fourth-order valence-electron chi connectivity index (χ4n) is 2.91. The molecule has 1 unspecified atom stereocenters. The van der Waals surface area contributed by atoms with E-state index in [0.717, 1.165) is 24.0 Å². The quantitative estimate of drug-likeness (QED) is 0.719. The standard InChI is InChI=1S/C17H15N3O/c21-17-12-6-2-4-8-14(12)19-16(20-17)15-10-9-11-5-1-3-7-13(11)18-15/h1-8,15,18H,9-10H2,(H,19,20,21). The molecule has 0 fully saturated rings. The molecule has 4 heteroatoms. The smallest absolute Gasteiger partial charge is 0.258 e. The van der Waals surface area contributed by atoms with E-state index in [1.165, 1.54) is 5.56 Å². The zero-order valence-electron chi connectivity index (χ0n) is 11.5. The Morgan fingerprint density at radius 1 is 1.05 bits per heavy atom. The minimum Gasteiger partial charge on any atom is -0.375 e. The zero-order chi connectivity index (χ0) is 14.2. The fraction of sp³-hybridized carbons (Fsp3) is 0.176. The number of hydrogen-bond acceptors (Lipinski definition) is 3. The van der Waals surface area contributed by atoms with Crippen LogP contribution in [0.4, 0.5) is 5.69 Å². The van der Waals surface area contributed by atoms with Crippen LogP contribution in [-0.4, -0.2) is 9.97 Å². The van der Waals surface area contributed by atoms with Crippen molar-refractivity contribution in [3.8, 4) is 0 Å². The normalized spacial score (nSPS) is 17.2. The van der Waals surface area contributed by atoms with Crippen LogP contribution >= 0.6 is 0 Å². The summed E-state index contributed by atoms with van der Waals surface area (Å²) in [7, 11) is 0. The van der Waals surface area contributed by atoms with Gasteiger partial charge in [0.2, 0.25) is 0 Å². The first-order valence-corrected chi connectivity index (χ1v) is 7.15. The number of benzene rings is 2. The van der Waals surface area contributed by atoms with Crippen molar-refractivity contribution in [2.45, 2.75) is 18.9 Å². The number of aryl methyl sites for hydroxylation is 1. The van der Waals surface area contributed by atoms with Crippen molar-refractivity contribution in [1.82, 2.24) is 9.97 Å². The molecule has 1 aliphatic heterocycles. The van der Waals surface area contributed by atoms with Gasteiger partial charge >= 0.3 is 0 Å². The van der Waals surface area contributed by atoms with E-state index < -0.39 is 0 Å². The molecule has 0 saturated heterocycles. The monoisotopic (exact) mass is 277 g/mol. The number of hydrogen-bond donors (Lipinski definition) is 2. The summed E-state index contributed by atoms with van der Waals surface area (Å²) >= 11 is 0. The lowest BCUT2D eigenvalue weighted by Crippen LogP contribution is -2.23. The number of nitrogens with zero attached hydrogens (tertiary/aromatic N) is 1. The Hall–Kier alpha value is -2.62. The molecule has 0 bridgehead atoms. The van der Waals surface area contributed by atoms with E-state index in [2.05, 4.69) is 33.5 Å². The topological polar surface area (TPSA) is 57.8 Å². The molecular formula is C17H15N3O. The van der Waals surface area contributed by atoms with Crippen molar-refractivity contribution in [1.29, 1.82) is 0 Å². The molecule has 0 amide bonds. The van der Waals surface area contributed by atoms with E-state index in [9.17, 15) is 4.79 Å². The highest BCUT2D eigenvalue weighted by Gasteiger charge is 2.21. The van der Waals surface area contributed by atoms with Crippen LogP contribution in [0.2, 0.25) is 0 Å². The van der Waals surface area contributed by atoms with Gasteiger partial charge in [0.1, 0.15) is 5.82 Å². The van der Waals surface area contributed by atoms with Gasteiger partial charge in [-0.05, 0) is 36.6 Å². The van der Waals surface area contributed by atoms with Crippen molar-refractivity contribution >= 4 is 16.6 Å². The Bertz CT molecular complexity index is 869. The highest BCUT2D eigenvalue weighted by atomic mass is 16.1. The number of para-hydroxylation sites is 2. The summed E-state index contributed by atoms with van der Waals surface area (Å²) in [5.41, 5.74) is 3.12. The molecule has 2 aromatic carbocycles. The predicted octanol–water partition coefficient (Wildman–Crippen LogP) is 3.02. The number of aromatic amines is 1. The van der Waals surface area contributed by atoms with Crippen LogP contribution in [-0.2, 0) is 6.42 Å². The number of H-pyrrole nitrogens is 1. The van der Waals surface area contributed by atoms with Crippen LogP contribution in [0.1, 0.15) is 23.9 Å². The summed E-state index contributed by atoms with van der Waals surface area (Å²) in [6.45, 7) is 0. The molecule has 1 aliphatic rings. The zero-order valence-corrected chi connectivity index (χ0v) is 11.5. The van der Waals surface area contributed by atoms with Crippen molar-refractivity contribution in [3.05, 3.63) is 70.3 Å². The molecule has 1 atom stereocenters. The fourth-order valence-corrected chi connectivity index (χ4v) is 2.91. The van der Waals surface area contributed by atoms with Gasteiger partial charge < -0.3 is 10.3 Å². The molecule has 2 N–H and O–H groups in total. The van der Waals surface area contributed by atoms with Crippen LogP contribution in [0, 0.1) is 0 Å². The lowest BCUT2D eigenvalue weighted by molar-refractivity contribution is 0.631. The van der Waals surface area contributed by atoms with Crippen molar-refractivity contribution in [2.75, 3.05) is 5.32 Å². The Labute approximate surface area is 121 Å². The van der Waals surface area contributed by atoms with Gasteiger partial charge in [0.25, 0.3) is 5.56 Å². The van der Waals surface area contributed by atoms with E-state index in [-0.39, 0.29) is 11.6 Å². The molecule has 0 saturated carbocycles. The highest BCUT2D eigenvalue weighted by molar-refractivity contribution is 5.77. The largest absolute Gasteiger partial charge is 0.375 e. The SMILES string of the molecule is O=c1[nH]c(C2CCc3ccccc3N2)nc2ccccc12. The average molecular weight is 277 g/mol. The Morgan fingerprint density at radius 3 is 2.81 bits per heavy atom. The van der Waals surface area contributed by atoms with Crippen molar-refractivity contribution < 1.29 is 0 Å². The molecule has 4 nitrogen and oxygen atoms in total. The minimum atomic E-state index is -0.0729. The van der Waals surface area contributed by atoms with Gasteiger partial charge in [0, 0.05) is 5.69 Å². The average Bonchev–Trinajstić information content (AvgIpc) is 2.54. The molecule has 4 rings (SSSR count). The maximum Gasteiger partial charge on any atom is 0.258 e. The number of fused-ring (bicyclic) bond motifs is 2. The first-order chi connectivity index (χ1) is 10.3. The maximum absolute atomic E-state index is 12.2.